The third-order valence-electron chi connectivity index (χ3n) is 3.88. The minimum Gasteiger partial charge on any atom is -0.333 e. The van der Waals surface area contributed by atoms with Crippen molar-refractivity contribution in [1.82, 2.24) is 5.32 Å². The summed E-state index contributed by atoms with van der Waals surface area (Å²) < 4.78 is 0. The summed E-state index contributed by atoms with van der Waals surface area (Å²) in [7, 11) is 0. The molecular weight excluding hydrogens is 322 g/mol. The molecule has 1 saturated heterocycles. The Morgan fingerprint density at radius 2 is 1.83 bits per heavy atom. The van der Waals surface area contributed by atoms with Crippen LogP contribution in [0.3, 0.4) is 0 Å². The first-order valence-corrected chi connectivity index (χ1v) is 8.96. The molecule has 0 bridgehead atoms. The summed E-state index contributed by atoms with van der Waals surface area (Å²) in [6.45, 7) is 0.487. The molecule has 1 aliphatic heterocycles. The number of rotatable bonds is 4. The van der Waals surface area contributed by atoms with E-state index >= 15 is 0 Å². The van der Waals surface area contributed by atoms with E-state index in [1.54, 1.807) is 16.7 Å². The standard InChI is InChI=1S/C18H19N3O2S/c1-24-16-10-6-5-9-15(16)20-18(23)19-13-11-17(22)21(12-13)14-7-3-2-4-8-14/h2-10,13H,11-12H2,1H3,(H2,19,20,23)/t13-/m1/s1. The maximum absolute atomic E-state index is 12.2. The van der Waals surface area contributed by atoms with Crippen molar-refractivity contribution in [2.24, 2.45) is 0 Å². The fourth-order valence-corrected chi connectivity index (χ4v) is 3.31. The molecule has 0 saturated carbocycles. The number of nitrogens with zero attached hydrogens (tertiary/aromatic N) is 1. The highest BCUT2D eigenvalue weighted by molar-refractivity contribution is 7.98. The second-order valence-corrected chi connectivity index (χ2v) is 6.39. The number of anilines is 2. The van der Waals surface area contributed by atoms with E-state index in [1.165, 1.54) is 0 Å². The van der Waals surface area contributed by atoms with Crippen molar-refractivity contribution in [2.45, 2.75) is 17.4 Å². The Morgan fingerprint density at radius 3 is 2.58 bits per heavy atom. The number of urea groups is 1. The third kappa shape index (κ3) is 3.71. The highest BCUT2D eigenvalue weighted by Gasteiger charge is 2.31. The normalized spacial score (nSPS) is 17.0. The van der Waals surface area contributed by atoms with Gasteiger partial charge in [-0.05, 0) is 30.5 Å². The Kier molecular flexibility index (Phi) is 5.05. The molecule has 0 aliphatic carbocycles. The molecule has 0 spiro atoms. The molecule has 5 nitrogen and oxygen atoms in total. The predicted molar refractivity (Wildman–Crippen MR) is 97.6 cm³/mol. The van der Waals surface area contributed by atoms with E-state index < -0.39 is 0 Å². The molecule has 0 radical (unpaired) electrons. The highest BCUT2D eigenvalue weighted by atomic mass is 32.2. The maximum Gasteiger partial charge on any atom is 0.319 e. The summed E-state index contributed by atoms with van der Waals surface area (Å²) in [6.07, 6.45) is 2.28. The number of para-hydroxylation sites is 2. The van der Waals surface area contributed by atoms with Gasteiger partial charge in [-0.15, -0.1) is 11.8 Å². The molecule has 1 aliphatic rings. The molecule has 2 N–H and O–H groups in total. The smallest absolute Gasteiger partial charge is 0.319 e. The van der Waals surface area contributed by atoms with Crippen LogP contribution in [0.2, 0.25) is 0 Å². The highest BCUT2D eigenvalue weighted by Crippen LogP contribution is 2.25. The Labute approximate surface area is 145 Å². The molecule has 0 unspecified atom stereocenters. The van der Waals surface area contributed by atoms with Gasteiger partial charge in [-0.1, -0.05) is 30.3 Å². The summed E-state index contributed by atoms with van der Waals surface area (Å²) >= 11 is 1.57. The van der Waals surface area contributed by atoms with E-state index in [0.29, 0.717) is 13.0 Å². The van der Waals surface area contributed by atoms with Crippen molar-refractivity contribution in [3.8, 4) is 0 Å². The van der Waals surface area contributed by atoms with Gasteiger partial charge in [0.1, 0.15) is 0 Å². The lowest BCUT2D eigenvalue weighted by atomic mass is 10.2. The lowest BCUT2D eigenvalue weighted by molar-refractivity contribution is -0.117. The van der Waals surface area contributed by atoms with Crippen LogP contribution in [-0.4, -0.2) is 30.8 Å². The van der Waals surface area contributed by atoms with Gasteiger partial charge < -0.3 is 15.5 Å². The van der Waals surface area contributed by atoms with Gasteiger partial charge in [-0.25, -0.2) is 4.79 Å². The van der Waals surface area contributed by atoms with Crippen molar-refractivity contribution in [3.63, 3.8) is 0 Å². The number of benzene rings is 2. The molecule has 1 atom stereocenters. The van der Waals surface area contributed by atoms with Gasteiger partial charge in [0.05, 0.1) is 11.7 Å². The molecule has 2 aromatic carbocycles. The van der Waals surface area contributed by atoms with Crippen LogP contribution in [-0.2, 0) is 4.79 Å². The first kappa shape index (κ1) is 16.4. The topological polar surface area (TPSA) is 61.4 Å². The minimum atomic E-state index is -0.288. The van der Waals surface area contributed by atoms with Gasteiger partial charge in [0, 0.05) is 23.5 Å². The van der Waals surface area contributed by atoms with Crippen molar-refractivity contribution < 1.29 is 9.59 Å². The Hall–Kier alpha value is -2.47. The SMILES string of the molecule is CSc1ccccc1NC(=O)N[C@@H]1CC(=O)N(c2ccccc2)C1. The Bertz CT molecular complexity index is 736. The summed E-state index contributed by atoms with van der Waals surface area (Å²) in [5.41, 5.74) is 1.63. The molecule has 1 fully saturated rings. The summed E-state index contributed by atoms with van der Waals surface area (Å²) in [4.78, 5) is 27.1. The zero-order valence-corrected chi connectivity index (χ0v) is 14.2. The Balaban J connectivity index is 1.61. The molecular formula is C18H19N3O2S. The lowest BCUT2D eigenvalue weighted by Gasteiger charge is -2.17. The maximum atomic E-state index is 12.2. The molecule has 6 heteroatoms. The molecule has 0 aromatic heterocycles. The fraction of sp³-hybridized carbons (Fsp3) is 0.222. The minimum absolute atomic E-state index is 0.0241. The van der Waals surface area contributed by atoms with Crippen LogP contribution in [0.15, 0.2) is 59.5 Å². The zero-order chi connectivity index (χ0) is 16.9. The van der Waals surface area contributed by atoms with Crippen LogP contribution in [0.4, 0.5) is 16.2 Å². The van der Waals surface area contributed by atoms with Gasteiger partial charge in [0.25, 0.3) is 0 Å². The van der Waals surface area contributed by atoms with E-state index in [2.05, 4.69) is 10.6 Å². The van der Waals surface area contributed by atoms with Crippen molar-refractivity contribution in [2.75, 3.05) is 23.0 Å². The molecule has 2 aromatic rings. The Morgan fingerprint density at radius 1 is 1.12 bits per heavy atom. The van der Waals surface area contributed by atoms with E-state index in [-0.39, 0.29) is 18.0 Å². The second-order valence-electron chi connectivity index (χ2n) is 5.54. The lowest BCUT2D eigenvalue weighted by Crippen LogP contribution is -2.39. The number of carbonyl (C=O) groups is 2. The third-order valence-corrected chi connectivity index (χ3v) is 4.68. The predicted octanol–water partition coefficient (Wildman–Crippen LogP) is 3.34. The largest absolute Gasteiger partial charge is 0.333 e. The quantitative estimate of drug-likeness (QED) is 0.839. The number of amides is 3. The summed E-state index contributed by atoms with van der Waals surface area (Å²) in [6, 6.07) is 16.7. The second kappa shape index (κ2) is 7.40. The molecule has 24 heavy (non-hydrogen) atoms. The van der Waals surface area contributed by atoms with Gasteiger partial charge in [0.15, 0.2) is 0 Å². The summed E-state index contributed by atoms with van der Waals surface area (Å²) in [5.74, 6) is 0.0241. The monoisotopic (exact) mass is 341 g/mol. The molecule has 3 rings (SSSR count). The summed E-state index contributed by atoms with van der Waals surface area (Å²) in [5, 5.41) is 5.74. The first-order chi connectivity index (χ1) is 11.7. The van der Waals surface area contributed by atoms with Crippen molar-refractivity contribution >= 4 is 35.1 Å². The molecule has 3 amide bonds. The molecule has 1 heterocycles. The van der Waals surface area contributed by atoms with Gasteiger partial charge in [0.2, 0.25) is 5.91 Å². The average molecular weight is 341 g/mol. The number of hydrogen-bond acceptors (Lipinski definition) is 3. The van der Waals surface area contributed by atoms with Crippen LogP contribution < -0.4 is 15.5 Å². The number of nitrogens with one attached hydrogen (secondary N) is 2. The van der Waals surface area contributed by atoms with Crippen LogP contribution in [0.5, 0.6) is 0 Å². The van der Waals surface area contributed by atoms with Crippen LogP contribution >= 0.6 is 11.8 Å². The van der Waals surface area contributed by atoms with Gasteiger partial charge >= 0.3 is 6.03 Å². The zero-order valence-electron chi connectivity index (χ0n) is 13.4. The number of carbonyl (C=O) groups excluding carboxylic acids is 2. The number of hydrogen-bond donors (Lipinski definition) is 2. The number of thioether (sulfide) groups is 1. The van der Waals surface area contributed by atoms with Crippen molar-refractivity contribution in [3.05, 3.63) is 54.6 Å². The van der Waals surface area contributed by atoms with Crippen molar-refractivity contribution in [1.29, 1.82) is 0 Å². The van der Waals surface area contributed by atoms with E-state index in [1.807, 2.05) is 60.9 Å². The van der Waals surface area contributed by atoms with Crippen LogP contribution in [0, 0.1) is 0 Å². The molecule has 124 valence electrons. The first-order valence-electron chi connectivity index (χ1n) is 7.73. The van der Waals surface area contributed by atoms with E-state index in [4.69, 9.17) is 0 Å². The average Bonchev–Trinajstić information content (AvgIpc) is 2.96. The van der Waals surface area contributed by atoms with E-state index in [0.717, 1.165) is 16.3 Å². The van der Waals surface area contributed by atoms with Crippen LogP contribution in [0.25, 0.3) is 0 Å². The fourth-order valence-electron chi connectivity index (χ4n) is 2.75. The van der Waals surface area contributed by atoms with E-state index in [9.17, 15) is 9.59 Å². The van der Waals surface area contributed by atoms with Crippen LogP contribution in [0.1, 0.15) is 6.42 Å². The van der Waals surface area contributed by atoms with Gasteiger partial charge in [-0.3, -0.25) is 4.79 Å². The van der Waals surface area contributed by atoms with Gasteiger partial charge in [-0.2, -0.15) is 0 Å².